The van der Waals surface area contributed by atoms with Gasteiger partial charge in [-0.15, -0.1) is 0 Å². The summed E-state index contributed by atoms with van der Waals surface area (Å²) in [5.41, 5.74) is 0. The highest BCUT2D eigenvalue weighted by atomic mass is 16.1. The van der Waals surface area contributed by atoms with Crippen molar-refractivity contribution < 1.29 is 4.79 Å². The summed E-state index contributed by atoms with van der Waals surface area (Å²) < 4.78 is 0. The molecule has 1 aliphatic heterocycles. The number of piperidine rings is 1. The van der Waals surface area contributed by atoms with E-state index < -0.39 is 0 Å². The third-order valence-corrected chi connectivity index (χ3v) is 2.96. The molecule has 0 unspecified atom stereocenters. The van der Waals surface area contributed by atoms with Crippen LogP contribution in [0.15, 0.2) is 0 Å². The molecule has 0 bridgehead atoms. The molecule has 1 aliphatic rings. The molecule has 4 nitrogen and oxygen atoms in total. The van der Waals surface area contributed by atoms with Crippen LogP contribution in [-0.2, 0) is 4.79 Å². The Labute approximate surface area is 92.4 Å². The molecule has 15 heavy (non-hydrogen) atoms. The first-order valence-electron chi connectivity index (χ1n) is 5.77. The molecule has 2 N–H and O–H groups in total. The van der Waals surface area contributed by atoms with Crippen LogP contribution in [0.4, 0.5) is 0 Å². The van der Waals surface area contributed by atoms with Crippen LogP contribution in [-0.4, -0.2) is 50.6 Å². The van der Waals surface area contributed by atoms with Gasteiger partial charge in [-0.2, -0.15) is 0 Å². The van der Waals surface area contributed by atoms with Gasteiger partial charge in [0, 0.05) is 19.1 Å². The zero-order valence-electron chi connectivity index (χ0n) is 10.0. The molecule has 0 aliphatic carbocycles. The van der Waals surface area contributed by atoms with Crippen molar-refractivity contribution in [1.29, 1.82) is 0 Å². The number of nitrogens with zero attached hydrogens (tertiary/aromatic N) is 1. The van der Waals surface area contributed by atoms with Crippen LogP contribution >= 0.6 is 0 Å². The van der Waals surface area contributed by atoms with Crippen molar-refractivity contribution in [3.63, 3.8) is 0 Å². The molecular weight excluding hydrogens is 190 g/mol. The van der Waals surface area contributed by atoms with Gasteiger partial charge in [-0.1, -0.05) is 0 Å². The van der Waals surface area contributed by atoms with Gasteiger partial charge < -0.3 is 15.5 Å². The fraction of sp³-hybridized carbons (Fsp3) is 0.909. The monoisotopic (exact) mass is 213 g/mol. The number of nitrogens with one attached hydrogen (secondary N) is 2. The van der Waals surface area contributed by atoms with E-state index in [1.54, 1.807) is 0 Å². The summed E-state index contributed by atoms with van der Waals surface area (Å²) in [5, 5.41) is 6.33. The summed E-state index contributed by atoms with van der Waals surface area (Å²) in [6.07, 6.45) is 2.12. The van der Waals surface area contributed by atoms with Crippen LogP contribution in [0.2, 0.25) is 0 Å². The van der Waals surface area contributed by atoms with Gasteiger partial charge in [-0.25, -0.2) is 0 Å². The molecule has 4 heteroatoms. The van der Waals surface area contributed by atoms with Crippen LogP contribution in [0.1, 0.15) is 19.8 Å². The number of amides is 1. The summed E-state index contributed by atoms with van der Waals surface area (Å²) in [5.74, 6) is 0.359. The van der Waals surface area contributed by atoms with E-state index in [1.165, 1.54) is 0 Å². The zero-order valence-corrected chi connectivity index (χ0v) is 10.0. The summed E-state index contributed by atoms with van der Waals surface area (Å²) in [7, 11) is 4.02. The Morgan fingerprint density at radius 2 is 2.27 bits per heavy atom. The molecule has 1 heterocycles. The topological polar surface area (TPSA) is 44.4 Å². The van der Waals surface area contributed by atoms with E-state index >= 15 is 0 Å². The Hall–Kier alpha value is -0.610. The maximum Gasteiger partial charge on any atom is 0.224 e. The molecule has 0 aromatic heterocycles. The van der Waals surface area contributed by atoms with Gasteiger partial charge in [0.1, 0.15) is 0 Å². The second kappa shape index (κ2) is 6.08. The minimum Gasteiger partial charge on any atom is -0.355 e. The van der Waals surface area contributed by atoms with Crippen LogP contribution in [0.5, 0.6) is 0 Å². The Bertz CT molecular complexity index is 206. The summed E-state index contributed by atoms with van der Waals surface area (Å²) in [4.78, 5) is 13.9. The maximum atomic E-state index is 11.8. The van der Waals surface area contributed by atoms with E-state index in [2.05, 4.69) is 22.5 Å². The standard InChI is InChI=1S/C11H23N3O/c1-9-10(5-4-6-12-9)11(15)13-7-8-14(2)3/h9-10,12H,4-8H2,1-3H3,(H,13,15)/t9-,10-/m0/s1. The number of hydrogen-bond acceptors (Lipinski definition) is 3. The van der Waals surface area contributed by atoms with E-state index in [0.717, 1.165) is 32.5 Å². The minimum atomic E-state index is 0.154. The third kappa shape index (κ3) is 4.18. The lowest BCUT2D eigenvalue weighted by molar-refractivity contribution is -0.126. The second-order valence-corrected chi connectivity index (χ2v) is 4.59. The number of hydrogen-bond donors (Lipinski definition) is 2. The van der Waals surface area contributed by atoms with Crippen LogP contribution in [0, 0.1) is 5.92 Å². The van der Waals surface area contributed by atoms with E-state index in [1.807, 2.05) is 14.1 Å². The molecule has 1 fully saturated rings. The highest BCUT2D eigenvalue weighted by Gasteiger charge is 2.26. The molecule has 1 rings (SSSR count). The molecule has 2 atom stereocenters. The Morgan fingerprint density at radius 1 is 1.53 bits per heavy atom. The highest BCUT2D eigenvalue weighted by molar-refractivity contribution is 5.79. The van der Waals surface area contributed by atoms with Crippen LogP contribution in [0.25, 0.3) is 0 Å². The molecule has 0 radical (unpaired) electrons. The predicted octanol–water partition coefficient (Wildman–Crippen LogP) is 0.0523. The molecule has 0 aromatic rings. The van der Waals surface area contributed by atoms with E-state index in [9.17, 15) is 4.79 Å². The van der Waals surface area contributed by atoms with Crippen LogP contribution < -0.4 is 10.6 Å². The van der Waals surface area contributed by atoms with Gasteiger partial charge in [-0.3, -0.25) is 4.79 Å². The zero-order chi connectivity index (χ0) is 11.3. The van der Waals surface area contributed by atoms with Gasteiger partial charge in [-0.05, 0) is 40.4 Å². The first-order chi connectivity index (χ1) is 7.11. The fourth-order valence-electron chi connectivity index (χ4n) is 1.94. The predicted molar refractivity (Wildman–Crippen MR) is 61.8 cm³/mol. The minimum absolute atomic E-state index is 0.154. The average molecular weight is 213 g/mol. The van der Waals surface area contributed by atoms with E-state index in [-0.39, 0.29) is 11.8 Å². The van der Waals surface area contributed by atoms with Gasteiger partial charge in [0.05, 0.1) is 5.92 Å². The van der Waals surface area contributed by atoms with Crippen LogP contribution in [0.3, 0.4) is 0 Å². The van der Waals surface area contributed by atoms with Crippen molar-refractivity contribution in [3.8, 4) is 0 Å². The molecule has 1 amide bonds. The molecule has 1 saturated heterocycles. The molecule has 0 spiro atoms. The summed E-state index contributed by atoms with van der Waals surface area (Å²) in [6.45, 7) is 4.79. The van der Waals surface area contributed by atoms with Crippen molar-refractivity contribution >= 4 is 5.91 Å². The third-order valence-electron chi connectivity index (χ3n) is 2.96. The molecular formula is C11H23N3O. The van der Waals surface area contributed by atoms with Crippen molar-refractivity contribution in [3.05, 3.63) is 0 Å². The van der Waals surface area contributed by atoms with Crippen molar-refractivity contribution in [2.45, 2.75) is 25.8 Å². The first-order valence-corrected chi connectivity index (χ1v) is 5.77. The van der Waals surface area contributed by atoms with Gasteiger partial charge in [0.2, 0.25) is 5.91 Å². The number of carbonyl (C=O) groups excluding carboxylic acids is 1. The van der Waals surface area contributed by atoms with Gasteiger partial charge in [0.15, 0.2) is 0 Å². The summed E-state index contributed by atoms with van der Waals surface area (Å²) in [6, 6.07) is 0.318. The smallest absolute Gasteiger partial charge is 0.224 e. The quantitative estimate of drug-likeness (QED) is 0.694. The maximum absolute atomic E-state index is 11.8. The number of rotatable bonds is 4. The van der Waals surface area contributed by atoms with Crippen molar-refractivity contribution in [2.75, 3.05) is 33.7 Å². The van der Waals surface area contributed by atoms with Gasteiger partial charge in [0.25, 0.3) is 0 Å². The number of carbonyl (C=O) groups is 1. The van der Waals surface area contributed by atoms with Crippen molar-refractivity contribution in [1.82, 2.24) is 15.5 Å². The average Bonchev–Trinajstić information content (AvgIpc) is 2.17. The van der Waals surface area contributed by atoms with E-state index in [4.69, 9.17) is 0 Å². The Balaban J connectivity index is 2.26. The Kier molecular flexibility index (Phi) is 5.05. The molecule has 0 aromatic carbocycles. The normalized spacial score (nSPS) is 26.7. The lowest BCUT2D eigenvalue weighted by Gasteiger charge is -2.29. The first kappa shape index (κ1) is 12.5. The summed E-state index contributed by atoms with van der Waals surface area (Å²) >= 11 is 0. The molecule has 88 valence electrons. The molecule has 0 saturated carbocycles. The SMILES string of the molecule is C[C@@H]1NCCC[C@@H]1C(=O)NCCN(C)C. The van der Waals surface area contributed by atoms with Gasteiger partial charge >= 0.3 is 0 Å². The lowest BCUT2D eigenvalue weighted by Crippen LogP contribution is -2.47. The van der Waals surface area contributed by atoms with E-state index in [0.29, 0.717) is 6.04 Å². The lowest BCUT2D eigenvalue weighted by atomic mass is 9.91. The second-order valence-electron chi connectivity index (χ2n) is 4.59. The van der Waals surface area contributed by atoms with Crippen molar-refractivity contribution in [2.24, 2.45) is 5.92 Å². The largest absolute Gasteiger partial charge is 0.355 e. The number of likely N-dealkylation sites (N-methyl/N-ethyl adjacent to an activating group) is 1. The fourth-order valence-corrected chi connectivity index (χ4v) is 1.94. The Morgan fingerprint density at radius 3 is 2.87 bits per heavy atom. The highest BCUT2D eigenvalue weighted by Crippen LogP contribution is 2.15.